The third-order valence-electron chi connectivity index (χ3n) is 3.17. The van der Waals surface area contributed by atoms with E-state index in [2.05, 4.69) is 10.2 Å². The highest BCUT2D eigenvalue weighted by Gasteiger charge is 2.29. The summed E-state index contributed by atoms with van der Waals surface area (Å²) in [5, 5.41) is 18.2. The van der Waals surface area contributed by atoms with Gasteiger partial charge in [-0.05, 0) is 25.0 Å². The fraction of sp³-hybridized carbons (Fsp3) is 0.429. The molecule has 1 fully saturated rings. The molecule has 0 bridgehead atoms. The molecule has 1 aliphatic carbocycles. The first-order valence-electron chi connectivity index (χ1n) is 6.83. The topological polar surface area (TPSA) is 60.2 Å². The Hall–Kier alpha value is -1.60. The maximum atomic E-state index is 13.0. The molecule has 0 unspecified atom stereocenters. The van der Waals surface area contributed by atoms with Crippen LogP contribution in [0.5, 0.6) is 5.75 Å². The number of hydrogen-bond acceptors (Lipinski definition) is 5. The molecule has 1 saturated carbocycles. The van der Waals surface area contributed by atoms with Crippen LogP contribution in [0.2, 0.25) is 0 Å². The first-order valence-corrected chi connectivity index (χ1v) is 7.82. The molecular weight excluding hydrogens is 293 g/mol. The number of aliphatic hydroxyl groups is 1. The zero-order chi connectivity index (χ0) is 14.7. The van der Waals surface area contributed by atoms with E-state index in [-0.39, 0.29) is 12.4 Å². The summed E-state index contributed by atoms with van der Waals surface area (Å²) in [4.78, 5) is 0. The minimum absolute atomic E-state index is 0.0934. The second-order valence-electron chi connectivity index (χ2n) is 4.81. The van der Waals surface area contributed by atoms with E-state index < -0.39 is 0 Å². The highest BCUT2D eigenvalue weighted by Crippen LogP contribution is 2.38. The van der Waals surface area contributed by atoms with Crippen LogP contribution in [-0.2, 0) is 6.61 Å². The molecule has 1 aliphatic rings. The smallest absolute Gasteiger partial charge is 0.191 e. The first-order chi connectivity index (χ1) is 10.3. The van der Waals surface area contributed by atoms with Gasteiger partial charge in [0.05, 0.1) is 6.61 Å². The third kappa shape index (κ3) is 3.54. The predicted octanol–water partition coefficient (Wildman–Crippen LogP) is 2.42. The molecule has 21 heavy (non-hydrogen) atoms. The molecule has 1 aromatic heterocycles. The second-order valence-corrected chi connectivity index (χ2v) is 5.87. The molecule has 2 aromatic rings. The van der Waals surface area contributed by atoms with Gasteiger partial charge in [0.25, 0.3) is 0 Å². The molecule has 3 rings (SSSR count). The van der Waals surface area contributed by atoms with Crippen molar-refractivity contribution in [2.75, 3.05) is 12.4 Å². The van der Waals surface area contributed by atoms with Gasteiger partial charge in [0.2, 0.25) is 0 Å². The molecule has 1 heterocycles. The summed E-state index contributed by atoms with van der Waals surface area (Å²) in [5.41, 5.74) is 0. The Labute approximate surface area is 126 Å². The van der Waals surface area contributed by atoms with Crippen LogP contribution >= 0.6 is 11.8 Å². The van der Waals surface area contributed by atoms with Gasteiger partial charge < -0.3 is 14.4 Å². The van der Waals surface area contributed by atoms with E-state index in [4.69, 9.17) is 4.74 Å². The summed E-state index contributed by atoms with van der Waals surface area (Å²) < 4.78 is 20.5. The fourth-order valence-corrected chi connectivity index (χ4v) is 2.90. The Balaban J connectivity index is 1.53. The number of aliphatic hydroxyl groups excluding tert-OH is 1. The van der Waals surface area contributed by atoms with Gasteiger partial charge in [-0.2, -0.15) is 0 Å². The zero-order valence-corrected chi connectivity index (χ0v) is 12.2. The molecule has 0 radical (unpaired) electrons. The van der Waals surface area contributed by atoms with Crippen LogP contribution in [0.15, 0.2) is 29.4 Å². The van der Waals surface area contributed by atoms with E-state index in [0.29, 0.717) is 30.0 Å². The summed E-state index contributed by atoms with van der Waals surface area (Å²) in [6, 6.07) is 6.52. The number of nitrogens with zero attached hydrogens (tertiary/aromatic N) is 3. The Morgan fingerprint density at radius 1 is 1.38 bits per heavy atom. The van der Waals surface area contributed by atoms with E-state index in [1.165, 1.54) is 23.9 Å². The van der Waals surface area contributed by atoms with Gasteiger partial charge in [-0.3, -0.25) is 0 Å². The number of aromatic nitrogens is 3. The summed E-state index contributed by atoms with van der Waals surface area (Å²) in [6.07, 6.45) is 2.22. The number of rotatable bonds is 7. The molecule has 0 saturated heterocycles. The molecule has 5 nitrogen and oxygen atoms in total. The molecule has 0 spiro atoms. The van der Waals surface area contributed by atoms with Crippen molar-refractivity contribution in [3.63, 3.8) is 0 Å². The van der Waals surface area contributed by atoms with Crippen LogP contribution in [0.1, 0.15) is 24.7 Å². The number of ether oxygens (including phenoxy) is 1. The van der Waals surface area contributed by atoms with Gasteiger partial charge in [0, 0.05) is 17.9 Å². The first kappa shape index (κ1) is 14.3. The Morgan fingerprint density at radius 2 is 2.24 bits per heavy atom. The molecule has 0 amide bonds. The number of halogens is 1. The van der Waals surface area contributed by atoms with Crippen molar-refractivity contribution in [1.82, 2.24) is 14.8 Å². The molecule has 0 aliphatic heterocycles. The van der Waals surface area contributed by atoms with Crippen molar-refractivity contribution >= 4 is 11.8 Å². The normalized spacial score (nSPS) is 14.4. The molecule has 112 valence electrons. The monoisotopic (exact) mass is 309 g/mol. The van der Waals surface area contributed by atoms with E-state index in [0.717, 1.165) is 18.0 Å². The summed E-state index contributed by atoms with van der Waals surface area (Å²) >= 11 is 1.53. The largest absolute Gasteiger partial charge is 0.493 e. The van der Waals surface area contributed by atoms with Gasteiger partial charge in [-0.1, -0.05) is 17.8 Å². The van der Waals surface area contributed by atoms with Crippen LogP contribution in [0.4, 0.5) is 4.39 Å². The van der Waals surface area contributed by atoms with Gasteiger partial charge >= 0.3 is 0 Å². The van der Waals surface area contributed by atoms with E-state index in [1.807, 2.05) is 4.57 Å². The summed E-state index contributed by atoms with van der Waals surface area (Å²) in [5.74, 6) is 1.52. The number of thioether (sulfide) groups is 1. The summed E-state index contributed by atoms with van der Waals surface area (Å²) in [6.45, 7) is 0.365. The lowest BCUT2D eigenvalue weighted by Crippen LogP contribution is -2.05. The van der Waals surface area contributed by atoms with Crippen LogP contribution in [0.25, 0.3) is 0 Å². The van der Waals surface area contributed by atoms with Crippen LogP contribution < -0.4 is 4.74 Å². The molecule has 7 heteroatoms. The lowest BCUT2D eigenvalue weighted by Gasteiger charge is -2.08. The Bertz CT molecular complexity index is 616. The average molecular weight is 309 g/mol. The molecule has 1 aromatic carbocycles. The van der Waals surface area contributed by atoms with Crippen LogP contribution in [0.3, 0.4) is 0 Å². The standard InChI is InChI=1S/C14H16FN3O2S/c15-10-2-1-3-12(8-10)20-6-7-21-14-17-16-13(9-19)18(14)11-4-5-11/h1-3,8,11,19H,4-7,9H2. The van der Waals surface area contributed by atoms with Gasteiger partial charge in [0.1, 0.15) is 18.2 Å². The maximum absolute atomic E-state index is 13.0. The minimum atomic E-state index is -0.304. The summed E-state index contributed by atoms with van der Waals surface area (Å²) in [7, 11) is 0. The number of benzene rings is 1. The average Bonchev–Trinajstić information content (AvgIpc) is 3.24. The highest BCUT2D eigenvalue weighted by molar-refractivity contribution is 7.99. The van der Waals surface area contributed by atoms with Crippen LogP contribution in [-0.4, -0.2) is 32.2 Å². The maximum Gasteiger partial charge on any atom is 0.191 e. The molecular formula is C14H16FN3O2S. The molecule has 0 atom stereocenters. The van der Waals surface area contributed by atoms with E-state index in [1.54, 1.807) is 12.1 Å². The highest BCUT2D eigenvalue weighted by atomic mass is 32.2. The van der Waals surface area contributed by atoms with Gasteiger partial charge in [-0.25, -0.2) is 4.39 Å². The number of hydrogen-bond donors (Lipinski definition) is 1. The quantitative estimate of drug-likeness (QED) is 0.629. The van der Waals surface area contributed by atoms with Gasteiger partial charge in [-0.15, -0.1) is 10.2 Å². The Kier molecular flexibility index (Phi) is 4.40. The predicted molar refractivity (Wildman–Crippen MR) is 76.8 cm³/mol. The lowest BCUT2D eigenvalue weighted by molar-refractivity contribution is 0.263. The van der Waals surface area contributed by atoms with E-state index >= 15 is 0 Å². The van der Waals surface area contributed by atoms with Crippen molar-refractivity contribution in [3.05, 3.63) is 35.9 Å². The van der Waals surface area contributed by atoms with Crippen LogP contribution in [0, 0.1) is 5.82 Å². The Morgan fingerprint density at radius 3 is 2.95 bits per heavy atom. The fourth-order valence-electron chi connectivity index (χ4n) is 2.06. The van der Waals surface area contributed by atoms with Crippen molar-refractivity contribution in [3.8, 4) is 5.75 Å². The van der Waals surface area contributed by atoms with E-state index in [9.17, 15) is 9.50 Å². The van der Waals surface area contributed by atoms with Gasteiger partial charge in [0.15, 0.2) is 11.0 Å². The minimum Gasteiger partial charge on any atom is -0.493 e. The van der Waals surface area contributed by atoms with Crippen molar-refractivity contribution in [1.29, 1.82) is 0 Å². The van der Waals surface area contributed by atoms with Crippen molar-refractivity contribution < 1.29 is 14.2 Å². The zero-order valence-electron chi connectivity index (χ0n) is 11.4. The lowest BCUT2D eigenvalue weighted by atomic mass is 10.3. The molecule has 1 N–H and O–H groups in total. The van der Waals surface area contributed by atoms with Crippen molar-refractivity contribution in [2.24, 2.45) is 0 Å². The third-order valence-corrected chi connectivity index (χ3v) is 4.08. The van der Waals surface area contributed by atoms with Crippen molar-refractivity contribution in [2.45, 2.75) is 30.6 Å². The SMILES string of the molecule is OCc1nnc(SCCOc2cccc(F)c2)n1C1CC1. The second kappa shape index (κ2) is 6.44.